The van der Waals surface area contributed by atoms with Gasteiger partial charge in [0.15, 0.2) is 0 Å². The van der Waals surface area contributed by atoms with E-state index in [1.54, 1.807) is 0 Å². The average Bonchev–Trinajstić information content (AvgIpc) is 2.39. The second kappa shape index (κ2) is 5.32. The van der Waals surface area contributed by atoms with E-state index in [-0.39, 0.29) is 5.91 Å². The normalized spacial score (nSPS) is 16.0. The molecule has 17 heavy (non-hydrogen) atoms. The second-order valence-electron chi connectivity index (χ2n) is 4.41. The first kappa shape index (κ1) is 12.1. The Morgan fingerprint density at radius 1 is 1.35 bits per heavy atom. The zero-order chi connectivity index (χ0) is 12.3. The molecule has 0 bridgehead atoms. The van der Waals surface area contributed by atoms with Gasteiger partial charge >= 0.3 is 0 Å². The van der Waals surface area contributed by atoms with Gasteiger partial charge in [0.2, 0.25) is 0 Å². The molecule has 92 valence electrons. The van der Waals surface area contributed by atoms with Crippen LogP contribution in [0, 0.1) is 6.92 Å². The number of hydrogen-bond acceptors (Lipinski definition) is 2. The van der Waals surface area contributed by atoms with Crippen LogP contribution in [0.3, 0.4) is 0 Å². The van der Waals surface area contributed by atoms with Crippen molar-refractivity contribution in [2.75, 3.05) is 26.3 Å². The topological polar surface area (TPSA) is 29.5 Å². The summed E-state index contributed by atoms with van der Waals surface area (Å²) in [6.07, 6.45) is 1.01. The largest absolute Gasteiger partial charge is 0.378 e. The van der Waals surface area contributed by atoms with Crippen LogP contribution in [-0.4, -0.2) is 37.1 Å². The summed E-state index contributed by atoms with van der Waals surface area (Å²) in [5, 5.41) is 0. The molecule has 1 aromatic carbocycles. The third-order valence-electron chi connectivity index (χ3n) is 3.23. The minimum absolute atomic E-state index is 0.133. The predicted molar refractivity (Wildman–Crippen MR) is 67.3 cm³/mol. The number of morpholine rings is 1. The Hall–Kier alpha value is -1.35. The van der Waals surface area contributed by atoms with Gasteiger partial charge in [-0.15, -0.1) is 0 Å². The quantitative estimate of drug-likeness (QED) is 0.782. The summed E-state index contributed by atoms with van der Waals surface area (Å²) in [7, 11) is 0. The fraction of sp³-hybridized carbons (Fsp3) is 0.500. The summed E-state index contributed by atoms with van der Waals surface area (Å²) in [4.78, 5) is 14.2. The number of amides is 1. The van der Waals surface area contributed by atoms with Crippen molar-refractivity contribution < 1.29 is 9.53 Å². The Kier molecular flexibility index (Phi) is 3.79. The lowest BCUT2D eigenvalue weighted by Crippen LogP contribution is -2.40. The van der Waals surface area contributed by atoms with Gasteiger partial charge in [0.1, 0.15) is 0 Å². The van der Waals surface area contributed by atoms with Gasteiger partial charge in [0.25, 0.3) is 5.91 Å². The van der Waals surface area contributed by atoms with Gasteiger partial charge in [-0.1, -0.05) is 19.1 Å². The van der Waals surface area contributed by atoms with Gasteiger partial charge in [-0.2, -0.15) is 0 Å². The zero-order valence-corrected chi connectivity index (χ0v) is 10.5. The Balaban J connectivity index is 2.18. The maximum absolute atomic E-state index is 12.3. The first-order valence-electron chi connectivity index (χ1n) is 6.19. The molecule has 0 unspecified atom stereocenters. The van der Waals surface area contributed by atoms with E-state index in [0.29, 0.717) is 26.3 Å². The molecular weight excluding hydrogens is 214 g/mol. The molecule has 1 aliphatic rings. The number of nitrogens with zero attached hydrogens (tertiary/aromatic N) is 1. The molecule has 0 saturated carbocycles. The molecule has 0 N–H and O–H groups in total. The lowest BCUT2D eigenvalue weighted by atomic mass is 10.0. The monoisotopic (exact) mass is 233 g/mol. The molecule has 1 fully saturated rings. The van der Waals surface area contributed by atoms with Crippen molar-refractivity contribution in [1.82, 2.24) is 4.90 Å². The molecule has 2 rings (SSSR count). The molecule has 0 aromatic heterocycles. The Morgan fingerprint density at radius 2 is 2.06 bits per heavy atom. The van der Waals surface area contributed by atoms with Crippen LogP contribution < -0.4 is 0 Å². The highest BCUT2D eigenvalue weighted by Gasteiger charge is 2.19. The third-order valence-corrected chi connectivity index (χ3v) is 3.23. The average molecular weight is 233 g/mol. The van der Waals surface area contributed by atoms with Gasteiger partial charge < -0.3 is 9.64 Å². The highest BCUT2D eigenvalue weighted by Crippen LogP contribution is 2.15. The van der Waals surface area contributed by atoms with Gasteiger partial charge in [-0.25, -0.2) is 0 Å². The van der Waals surface area contributed by atoms with Crippen molar-refractivity contribution in [1.29, 1.82) is 0 Å². The Morgan fingerprint density at radius 3 is 2.65 bits per heavy atom. The van der Waals surface area contributed by atoms with Gasteiger partial charge in [-0.3, -0.25) is 4.79 Å². The van der Waals surface area contributed by atoms with E-state index < -0.39 is 0 Å². The van der Waals surface area contributed by atoms with Crippen LogP contribution in [0.1, 0.15) is 28.4 Å². The number of ether oxygens (including phenoxy) is 1. The molecular formula is C14H19NO2. The SMILES string of the molecule is CCc1ccc(C(=O)N2CCOCC2)c(C)c1. The molecule has 0 radical (unpaired) electrons. The van der Waals surface area contributed by atoms with E-state index in [9.17, 15) is 4.79 Å². The van der Waals surface area contributed by atoms with Crippen LogP contribution >= 0.6 is 0 Å². The van der Waals surface area contributed by atoms with Crippen molar-refractivity contribution >= 4 is 5.91 Å². The fourth-order valence-electron chi connectivity index (χ4n) is 2.12. The van der Waals surface area contributed by atoms with Crippen LogP contribution in [0.2, 0.25) is 0 Å². The number of rotatable bonds is 2. The van der Waals surface area contributed by atoms with Crippen LogP contribution in [0.15, 0.2) is 18.2 Å². The number of aryl methyl sites for hydroxylation is 2. The zero-order valence-electron chi connectivity index (χ0n) is 10.5. The van der Waals surface area contributed by atoms with E-state index in [0.717, 1.165) is 17.5 Å². The van der Waals surface area contributed by atoms with Gasteiger partial charge in [-0.05, 0) is 30.5 Å². The highest BCUT2D eigenvalue weighted by molar-refractivity contribution is 5.95. The maximum atomic E-state index is 12.3. The highest BCUT2D eigenvalue weighted by atomic mass is 16.5. The molecule has 1 saturated heterocycles. The molecule has 3 nitrogen and oxygen atoms in total. The van der Waals surface area contributed by atoms with Crippen LogP contribution in [0.25, 0.3) is 0 Å². The number of carbonyl (C=O) groups is 1. The Labute approximate surface area is 102 Å². The molecule has 1 heterocycles. The molecule has 1 aromatic rings. The van der Waals surface area contributed by atoms with Crippen molar-refractivity contribution in [2.24, 2.45) is 0 Å². The van der Waals surface area contributed by atoms with E-state index >= 15 is 0 Å². The summed E-state index contributed by atoms with van der Waals surface area (Å²) in [5.41, 5.74) is 3.17. The second-order valence-corrected chi connectivity index (χ2v) is 4.41. The maximum Gasteiger partial charge on any atom is 0.254 e. The van der Waals surface area contributed by atoms with E-state index in [4.69, 9.17) is 4.74 Å². The van der Waals surface area contributed by atoms with Crippen molar-refractivity contribution in [3.05, 3.63) is 34.9 Å². The van der Waals surface area contributed by atoms with Crippen molar-refractivity contribution in [3.63, 3.8) is 0 Å². The van der Waals surface area contributed by atoms with Gasteiger partial charge in [0.05, 0.1) is 13.2 Å². The summed E-state index contributed by atoms with van der Waals surface area (Å²) < 4.78 is 5.26. The lowest BCUT2D eigenvalue weighted by Gasteiger charge is -2.27. The van der Waals surface area contributed by atoms with Gasteiger partial charge in [0, 0.05) is 18.7 Å². The summed E-state index contributed by atoms with van der Waals surface area (Å²) in [5.74, 6) is 0.133. The molecule has 3 heteroatoms. The van der Waals surface area contributed by atoms with Crippen LogP contribution in [0.4, 0.5) is 0 Å². The smallest absolute Gasteiger partial charge is 0.254 e. The number of carbonyl (C=O) groups excluding carboxylic acids is 1. The standard InChI is InChI=1S/C14H19NO2/c1-3-12-4-5-13(11(2)10-12)14(16)15-6-8-17-9-7-15/h4-5,10H,3,6-9H2,1-2H3. The Bertz CT molecular complexity index is 409. The van der Waals surface area contributed by atoms with E-state index in [2.05, 4.69) is 13.0 Å². The van der Waals surface area contributed by atoms with Crippen LogP contribution in [0.5, 0.6) is 0 Å². The lowest BCUT2D eigenvalue weighted by molar-refractivity contribution is 0.0302. The minimum atomic E-state index is 0.133. The summed E-state index contributed by atoms with van der Waals surface area (Å²) in [6.45, 7) is 6.84. The summed E-state index contributed by atoms with van der Waals surface area (Å²) in [6, 6.07) is 6.10. The number of benzene rings is 1. The van der Waals surface area contributed by atoms with Crippen LogP contribution in [-0.2, 0) is 11.2 Å². The van der Waals surface area contributed by atoms with Crippen molar-refractivity contribution in [3.8, 4) is 0 Å². The third kappa shape index (κ3) is 2.67. The molecule has 1 aliphatic heterocycles. The molecule has 0 aliphatic carbocycles. The first-order chi connectivity index (χ1) is 8.22. The fourth-order valence-corrected chi connectivity index (χ4v) is 2.12. The first-order valence-corrected chi connectivity index (χ1v) is 6.19. The molecule has 0 atom stereocenters. The van der Waals surface area contributed by atoms with E-state index in [1.165, 1.54) is 5.56 Å². The van der Waals surface area contributed by atoms with E-state index in [1.807, 2.05) is 24.0 Å². The predicted octanol–water partition coefficient (Wildman–Crippen LogP) is 2.03. The molecule has 0 spiro atoms. The number of hydrogen-bond donors (Lipinski definition) is 0. The molecule has 1 amide bonds. The summed E-state index contributed by atoms with van der Waals surface area (Å²) >= 11 is 0. The minimum Gasteiger partial charge on any atom is -0.378 e. The van der Waals surface area contributed by atoms with Crippen molar-refractivity contribution in [2.45, 2.75) is 20.3 Å².